The highest BCUT2D eigenvalue weighted by Gasteiger charge is 2.30. The molecule has 26 heavy (non-hydrogen) atoms. The number of methoxy groups -OCH3 is 1. The molecule has 154 valence electrons. The lowest BCUT2D eigenvalue weighted by molar-refractivity contribution is -0.00244. The molecule has 0 aliphatic heterocycles. The molecule has 0 aliphatic carbocycles. The molecule has 0 radical (unpaired) electrons. The molecule has 8 nitrogen and oxygen atoms in total. The fourth-order valence-electron chi connectivity index (χ4n) is 2.40. The number of ether oxygens (including phenoxy) is 3. The Bertz CT molecular complexity index is 424. The zero-order valence-electron chi connectivity index (χ0n) is 17.2. The van der Waals surface area contributed by atoms with Crippen molar-refractivity contribution in [2.24, 2.45) is 10.9 Å². The van der Waals surface area contributed by atoms with Gasteiger partial charge in [0, 0.05) is 20.3 Å². The van der Waals surface area contributed by atoms with Gasteiger partial charge in [-0.15, -0.1) is 0 Å². The number of rotatable bonds is 12. The number of nitrogens with zero attached hydrogens (tertiary/aromatic N) is 2. The summed E-state index contributed by atoms with van der Waals surface area (Å²) in [6.45, 7) is 10.9. The van der Waals surface area contributed by atoms with E-state index in [1.165, 1.54) is 4.90 Å². The number of hydrogen-bond acceptors (Lipinski definition) is 6. The summed E-state index contributed by atoms with van der Waals surface area (Å²) in [5.74, 6) is -0.0283. The van der Waals surface area contributed by atoms with Crippen molar-refractivity contribution < 1.29 is 24.2 Å². The summed E-state index contributed by atoms with van der Waals surface area (Å²) in [7, 11) is 1.62. The number of oxime groups is 1. The van der Waals surface area contributed by atoms with E-state index < -0.39 is 17.7 Å². The lowest BCUT2D eigenvalue weighted by atomic mass is 10.1. The standard InChI is InChI=1S/C18H37N3O5/c1-7-9-12-25-13-14(24-6)10-11-15(16(19)20-23)21(8-2)17(22)26-18(3,4)5/h14-15,23H,7-13H2,1-6H3,(H2,19,20)/t14-,15?/m0/s1. The quantitative estimate of drug-likeness (QED) is 0.179. The van der Waals surface area contributed by atoms with E-state index in [1.54, 1.807) is 27.9 Å². The van der Waals surface area contributed by atoms with Gasteiger partial charge in [0.05, 0.1) is 18.8 Å². The number of amides is 1. The third kappa shape index (κ3) is 9.82. The first-order chi connectivity index (χ1) is 12.2. The van der Waals surface area contributed by atoms with Crippen molar-refractivity contribution >= 4 is 11.9 Å². The zero-order valence-corrected chi connectivity index (χ0v) is 17.2. The molecule has 0 bridgehead atoms. The highest BCUT2D eigenvalue weighted by atomic mass is 16.6. The second kappa shape index (κ2) is 12.8. The normalized spacial score (nSPS) is 14.8. The Labute approximate surface area is 157 Å². The van der Waals surface area contributed by atoms with Gasteiger partial charge in [-0.3, -0.25) is 4.90 Å². The smallest absolute Gasteiger partial charge is 0.410 e. The Morgan fingerprint density at radius 1 is 1.27 bits per heavy atom. The third-order valence-corrected chi connectivity index (χ3v) is 3.84. The van der Waals surface area contributed by atoms with Crippen LogP contribution in [0.15, 0.2) is 5.16 Å². The van der Waals surface area contributed by atoms with Crippen molar-refractivity contribution in [1.29, 1.82) is 0 Å². The second-order valence-corrected chi connectivity index (χ2v) is 7.17. The van der Waals surface area contributed by atoms with Crippen LogP contribution < -0.4 is 5.73 Å². The first-order valence-corrected chi connectivity index (χ1v) is 9.27. The monoisotopic (exact) mass is 375 g/mol. The Morgan fingerprint density at radius 3 is 2.38 bits per heavy atom. The van der Waals surface area contributed by atoms with Crippen molar-refractivity contribution in [3.63, 3.8) is 0 Å². The molecule has 0 fully saturated rings. The molecule has 0 spiro atoms. The van der Waals surface area contributed by atoms with Gasteiger partial charge in [0.15, 0.2) is 5.84 Å². The molecule has 2 atom stereocenters. The summed E-state index contributed by atoms with van der Waals surface area (Å²) in [6.07, 6.45) is 2.53. The van der Waals surface area contributed by atoms with E-state index in [1.807, 2.05) is 6.92 Å². The van der Waals surface area contributed by atoms with Gasteiger partial charge in [0.25, 0.3) is 0 Å². The highest BCUT2D eigenvalue weighted by Crippen LogP contribution is 2.16. The average Bonchev–Trinajstić information content (AvgIpc) is 2.57. The van der Waals surface area contributed by atoms with E-state index in [0.717, 1.165) is 12.8 Å². The Morgan fingerprint density at radius 2 is 1.92 bits per heavy atom. The largest absolute Gasteiger partial charge is 0.444 e. The third-order valence-electron chi connectivity index (χ3n) is 3.84. The number of carbonyl (C=O) groups is 1. The van der Waals surface area contributed by atoms with Crippen molar-refractivity contribution in [2.75, 3.05) is 26.9 Å². The molecule has 0 saturated carbocycles. The minimum absolute atomic E-state index is 0.0283. The van der Waals surface area contributed by atoms with Crippen LogP contribution in [0.4, 0.5) is 4.79 Å². The fourth-order valence-corrected chi connectivity index (χ4v) is 2.40. The van der Waals surface area contributed by atoms with E-state index in [2.05, 4.69) is 12.1 Å². The molecule has 0 heterocycles. The van der Waals surface area contributed by atoms with Crippen LogP contribution in [-0.4, -0.2) is 66.7 Å². The summed E-state index contributed by atoms with van der Waals surface area (Å²) in [4.78, 5) is 13.9. The summed E-state index contributed by atoms with van der Waals surface area (Å²) < 4.78 is 16.5. The Hall–Kier alpha value is -1.54. The maximum Gasteiger partial charge on any atom is 0.410 e. The molecule has 1 amide bonds. The number of carbonyl (C=O) groups excluding carboxylic acids is 1. The lowest BCUT2D eigenvalue weighted by Gasteiger charge is -2.32. The van der Waals surface area contributed by atoms with Crippen LogP contribution in [0.1, 0.15) is 60.3 Å². The van der Waals surface area contributed by atoms with Gasteiger partial charge in [-0.25, -0.2) is 4.79 Å². The molecular formula is C18H37N3O5. The zero-order chi connectivity index (χ0) is 20.2. The van der Waals surface area contributed by atoms with E-state index >= 15 is 0 Å². The molecule has 0 saturated heterocycles. The number of amidine groups is 1. The van der Waals surface area contributed by atoms with Crippen molar-refractivity contribution in [1.82, 2.24) is 4.90 Å². The first kappa shape index (κ1) is 24.5. The van der Waals surface area contributed by atoms with Gasteiger partial charge >= 0.3 is 6.09 Å². The summed E-state index contributed by atoms with van der Waals surface area (Å²) in [5.41, 5.74) is 5.22. The number of hydrogen-bond donors (Lipinski definition) is 2. The van der Waals surface area contributed by atoms with Gasteiger partial charge in [-0.05, 0) is 47.0 Å². The minimum atomic E-state index is -0.623. The van der Waals surface area contributed by atoms with Crippen LogP contribution in [0.2, 0.25) is 0 Å². The molecule has 3 N–H and O–H groups in total. The number of likely N-dealkylation sites (N-methyl/N-ethyl adjacent to an activating group) is 1. The van der Waals surface area contributed by atoms with Crippen LogP contribution in [-0.2, 0) is 14.2 Å². The number of unbranched alkanes of at least 4 members (excludes halogenated alkanes) is 1. The molecule has 0 rings (SSSR count). The van der Waals surface area contributed by atoms with Crippen molar-refractivity contribution in [3.05, 3.63) is 0 Å². The SMILES string of the molecule is CCCCOC[C@H](CCC(C(N)=NO)N(CC)C(=O)OC(C)(C)C)OC. The molecule has 8 heteroatoms. The minimum Gasteiger partial charge on any atom is -0.444 e. The van der Waals surface area contributed by atoms with Crippen molar-refractivity contribution in [2.45, 2.75) is 78.0 Å². The van der Waals surface area contributed by atoms with E-state index in [-0.39, 0.29) is 11.9 Å². The fraction of sp³-hybridized carbons (Fsp3) is 0.889. The molecular weight excluding hydrogens is 338 g/mol. The topological polar surface area (TPSA) is 107 Å². The maximum atomic E-state index is 12.5. The van der Waals surface area contributed by atoms with Gasteiger partial charge in [-0.1, -0.05) is 18.5 Å². The predicted molar refractivity (Wildman–Crippen MR) is 102 cm³/mol. The van der Waals surface area contributed by atoms with Gasteiger partial charge in [0.2, 0.25) is 0 Å². The number of nitrogens with two attached hydrogens (primary N) is 1. The Balaban J connectivity index is 4.93. The molecule has 0 aromatic rings. The average molecular weight is 376 g/mol. The summed E-state index contributed by atoms with van der Waals surface area (Å²) in [5, 5.41) is 12.2. The van der Waals surface area contributed by atoms with Crippen LogP contribution >= 0.6 is 0 Å². The van der Waals surface area contributed by atoms with Gasteiger partial charge in [0.1, 0.15) is 5.60 Å². The van der Waals surface area contributed by atoms with Crippen LogP contribution in [0, 0.1) is 0 Å². The second-order valence-electron chi connectivity index (χ2n) is 7.17. The Kier molecular flexibility index (Phi) is 12.0. The predicted octanol–water partition coefficient (Wildman–Crippen LogP) is 2.97. The first-order valence-electron chi connectivity index (χ1n) is 9.27. The summed E-state index contributed by atoms with van der Waals surface area (Å²) >= 11 is 0. The van der Waals surface area contributed by atoms with Crippen molar-refractivity contribution in [3.8, 4) is 0 Å². The van der Waals surface area contributed by atoms with Gasteiger partial charge < -0.3 is 25.2 Å². The molecule has 0 aromatic carbocycles. The van der Waals surface area contributed by atoms with E-state index in [4.69, 9.17) is 25.2 Å². The van der Waals surface area contributed by atoms with Crippen LogP contribution in [0.3, 0.4) is 0 Å². The maximum absolute atomic E-state index is 12.5. The molecule has 0 aliphatic rings. The lowest BCUT2D eigenvalue weighted by Crippen LogP contribution is -2.50. The van der Waals surface area contributed by atoms with E-state index in [9.17, 15) is 4.79 Å². The summed E-state index contributed by atoms with van der Waals surface area (Å²) in [6, 6.07) is -0.576. The highest BCUT2D eigenvalue weighted by molar-refractivity contribution is 5.88. The van der Waals surface area contributed by atoms with E-state index in [0.29, 0.717) is 32.6 Å². The van der Waals surface area contributed by atoms with Crippen LogP contribution in [0.25, 0.3) is 0 Å². The molecule has 1 unspecified atom stereocenters. The van der Waals surface area contributed by atoms with Gasteiger partial charge in [-0.2, -0.15) is 0 Å². The molecule has 0 aromatic heterocycles. The van der Waals surface area contributed by atoms with Crippen LogP contribution in [0.5, 0.6) is 0 Å².